The summed E-state index contributed by atoms with van der Waals surface area (Å²) in [6.07, 6.45) is 0. The number of benzene rings is 2. The third kappa shape index (κ3) is 3.62. The highest BCUT2D eigenvalue weighted by molar-refractivity contribution is 9.10. The molecule has 0 aromatic heterocycles. The SMILES string of the molecule is Cc1ccc(SC(CN)c2ccccc2Br)c(C)c1. The van der Waals surface area contributed by atoms with E-state index in [2.05, 4.69) is 66.2 Å². The molecule has 0 heterocycles. The second kappa shape index (κ2) is 6.60. The lowest BCUT2D eigenvalue weighted by Gasteiger charge is -2.18. The Morgan fingerprint density at radius 2 is 1.89 bits per heavy atom. The summed E-state index contributed by atoms with van der Waals surface area (Å²) in [5, 5.41) is 0.275. The van der Waals surface area contributed by atoms with Crippen LogP contribution in [0, 0.1) is 13.8 Å². The van der Waals surface area contributed by atoms with E-state index in [4.69, 9.17) is 5.73 Å². The zero-order valence-electron chi connectivity index (χ0n) is 11.2. The molecule has 19 heavy (non-hydrogen) atoms. The quantitative estimate of drug-likeness (QED) is 0.807. The Morgan fingerprint density at radius 1 is 1.16 bits per heavy atom. The molecule has 3 heteroatoms. The molecule has 2 aromatic rings. The van der Waals surface area contributed by atoms with E-state index < -0.39 is 0 Å². The molecule has 2 aromatic carbocycles. The molecule has 0 fully saturated rings. The highest BCUT2D eigenvalue weighted by Crippen LogP contribution is 2.39. The first-order chi connectivity index (χ1) is 9.11. The van der Waals surface area contributed by atoms with Crippen LogP contribution >= 0.6 is 27.7 Å². The average molecular weight is 336 g/mol. The van der Waals surface area contributed by atoms with Gasteiger partial charge < -0.3 is 5.73 Å². The molecule has 0 saturated heterocycles. The van der Waals surface area contributed by atoms with Crippen LogP contribution in [0.5, 0.6) is 0 Å². The van der Waals surface area contributed by atoms with Gasteiger partial charge in [-0.2, -0.15) is 0 Å². The smallest absolute Gasteiger partial charge is 0.0478 e. The number of hydrogen-bond donors (Lipinski definition) is 1. The minimum absolute atomic E-state index is 0.275. The molecular weight excluding hydrogens is 318 g/mol. The summed E-state index contributed by atoms with van der Waals surface area (Å²) in [7, 11) is 0. The summed E-state index contributed by atoms with van der Waals surface area (Å²) < 4.78 is 1.13. The summed E-state index contributed by atoms with van der Waals surface area (Å²) in [6.45, 7) is 4.90. The van der Waals surface area contributed by atoms with E-state index in [9.17, 15) is 0 Å². The number of thioether (sulfide) groups is 1. The molecule has 100 valence electrons. The van der Waals surface area contributed by atoms with Gasteiger partial charge in [0.25, 0.3) is 0 Å². The third-order valence-corrected chi connectivity index (χ3v) is 5.23. The standard InChI is InChI=1S/C16H18BrNS/c1-11-7-8-15(12(2)9-11)19-16(10-18)13-5-3-4-6-14(13)17/h3-9,16H,10,18H2,1-2H3. The van der Waals surface area contributed by atoms with Crippen LogP contribution in [0.1, 0.15) is 21.9 Å². The first-order valence-corrected chi connectivity index (χ1v) is 7.97. The van der Waals surface area contributed by atoms with Gasteiger partial charge in [0, 0.05) is 21.2 Å². The van der Waals surface area contributed by atoms with Gasteiger partial charge in [-0.3, -0.25) is 0 Å². The van der Waals surface area contributed by atoms with E-state index in [1.165, 1.54) is 21.6 Å². The van der Waals surface area contributed by atoms with Crippen LogP contribution in [-0.4, -0.2) is 6.54 Å². The summed E-state index contributed by atoms with van der Waals surface area (Å²) >= 11 is 5.45. The molecular formula is C16H18BrNS. The van der Waals surface area contributed by atoms with Crippen LogP contribution in [-0.2, 0) is 0 Å². The fraction of sp³-hybridized carbons (Fsp3) is 0.250. The maximum absolute atomic E-state index is 5.96. The van der Waals surface area contributed by atoms with Crippen LogP contribution in [0.25, 0.3) is 0 Å². The predicted molar refractivity (Wildman–Crippen MR) is 87.7 cm³/mol. The van der Waals surface area contributed by atoms with E-state index >= 15 is 0 Å². The summed E-state index contributed by atoms with van der Waals surface area (Å²) in [5.41, 5.74) is 9.83. The molecule has 2 N–H and O–H groups in total. The first-order valence-electron chi connectivity index (χ1n) is 6.30. The lowest BCUT2D eigenvalue weighted by Crippen LogP contribution is -2.10. The van der Waals surface area contributed by atoms with Crippen molar-refractivity contribution in [3.63, 3.8) is 0 Å². The Labute approximate surface area is 127 Å². The fourth-order valence-electron chi connectivity index (χ4n) is 2.06. The van der Waals surface area contributed by atoms with Crippen molar-refractivity contribution in [2.24, 2.45) is 5.73 Å². The largest absolute Gasteiger partial charge is 0.329 e. The predicted octanol–water partition coefficient (Wildman–Crippen LogP) is 4.86. The van der Waals surface area contributed by atoms with Crippen molar-refractivity contribution in [2.75, 3.05) is 6.54 Å². The highest BCUT2D eigenvalue weighted by Gasteiger charge is 2.15. The maximum atomic E-state index is 5.96. The molecule has 0 aliphatic heterocycles. The Morgan fingerprint density at radius 3 is 2.53 bits per heavy atom. The fourth-order valence-corrected chi connectivity index (χ4v) is 3.90. The molecule has 1 atom stereocenters. The van der Waals surface area contributed by atoms with Crippen LogP contribution in [0.3, 0.4) is 0 Å². The first kappa shape index (κ1) is 14.6. The van der Waals surface area contributed by atoms with E-state index in [0.29, 0.717) is 6.54 Å². The highest BCUT2D eigenvalue weighted by atomic mass is 79.9. The Bertz CT molecular complexity index is 568. The van der Waals surface area contributed by atoms with Crippen molar-refractivity contribution >= 4 is 27.7 Å². The summed E-state index contributed by atoms with van der Waals surface area (Å²) in [5.74, 6) is 0. The number of aryl methyl sites for hydroxylation is 2. The van der Waals surface area contributed by atoms with E-state index in [1.807, 2.05) is 17.8 Å². The van der Waals surface area contributed by atoms with Gasteiger partial charge in [0.15, 0.2) is 0 Å². The maximum Gasteiger partial charge on any atom is 0.0478 e. The second-order valence-corrected chi connectivity index (χ2v) is 6.73. The van der Waals surface area contributed by atoms with Crippen molar-refractivity contribution in [2.45, 2.75) is 24.0 Å². The minimum Gasteiger partial charge on any atom is -0.329 e. The van der Waals surface area contributed by atoms with Gasteiger partial charge in [-0.1, -0.05) is 51.8 Å². The van der Waals surface area contributed by atoms with E-state index in [0.717, 1.165) is 4.47 Å². The van der Waals surface area contributed by atoms with Gasteiger partial charge in [0.1, 0.15) is 0 Å². The summed E-state index contributed by atoms with van der Waals surface area (Å²) in [4.78, 5) is 1.30. The Hall–Kier alpha value is -0.770. The van der Waals surface area contributed by atoms with Crippen molar-refractivity contribution < 1.29 is 0 Å². The Balaban J connectivity index is 2.27. The van der Waals surface area contributed by atoms with Crippen molar-refractivity contribution in [1.29, 1.82) is 0 Å². The monoisotopic (exact) mass is 335 g/mol. The zero-order chi connectivity index (χ0) is 13.8. The van der Waals surface area contributed by atoms with Crippen molar-refractivity contribution in [1.82, 2.24) is 0 Å². The molecule has 2 rings (SSSR count). The molecule has 1 unspecified atom stereocenters. The number of nitrogens with two attached hydrogens (primary N) is 1. The number of halogens is 1. The molecule has 1 nitrogen and oxygen atoms in total. The van der Waals surface area contributed by atoms with Crippen LogP contribution in [0.4, 0.5) is 0 Å². The molecule has 0 radical (unpaired) electrons. The van der Waals surface area contributed by atoms with E-state index in [-0.39, 0.29) is 5.25 Å². The number of hydrogen-bond acceptors (Lipinski definition) is 2. The van der Waals surface area contributed by atoms with Gasteiger partial charge >= 0.3 is 0 Å². The normalized spacial score (nSPS) is 12.4. The zero-order valence-corrected chi connectivity index (χ0v) is 13.6. The van der Waals surface area contributed by atoms with Crippen LogP contribution in [0.15, 0.2) is 51.8 Å². The van der Waals surface area contributed by atoms with Crippen molar-refractivity contribution in [3.8, 4) is 0 Å². The molecule has 0 bridgehead atoms. The van der Waals surface area contributed by atoms with Gasteiger partial charge in [0.05, 0.1) is 0 Å². The average Bonchev–Trinajstić information content (AvgIpc) is 2.39. The van der Waals surface area contributed by atoms with Gasteiger partial charge in [0.2, 0.25) is 0 Å². The molecule has 0 spiro atoms. The van der Waals surface area contributed by atoms with E-state index in [1.54, 1.807) is 0 Å². The third-order valence-electron chi connectivity index (χ3n) is 3.07. The molecule has 0 saturated carbocycles. The van der Waals surface area contributed by atoms with Gasteiger partial charge in [-0.15, -0.1) is 11.8 Å². The minimum atomic E-state index is 0.275. The second-order valence-electron chi connectivity index (χ2n) is 4.63. The molecule has 0 amide bonds. The topological polar surface area (TPSA) is 26.0 Å². The van der Waals surface area contributed by atoms with Gasteiger partial charge in [-0.05, 0) is 37.1 Å². The van der Waals surface area contributed by atoms with Crippen LogP contribution in [0.2, 0.25) is 0 Å². The van der Waals surface area contributed by atoms with Crippen molar-refractivity contribution in [3.05, 3.63) is 63.6 Å². The number of rotatable bonds is 4. The van der Waals surface area contributed by atoms with Gasteiger partial charge in [-0.25, -0.2) is 0 Å². The molecule has 0 aliphatic carbocycles. The molecule has 0 aliphatic rings. The van der Waals surface area contributed by atoms with Crippen LogP contribution < -0.4 is 5.73 Å². The summed E-state index contributed by atoms with van der Waals surface area (Å²) in [6, 6.07) is 14.9. The lowest BCUT2D eigenvalue weighted by atomic mass is 10.1. The Kier molecular flexibility index (Phi) is 5.08. The lowest BCUT2D eigenvalue weighted by molar-refractivity contribution is 0.934.